The minimum Gasteiger partial charge on any atom is -0.492 e. The number of aromatic nitrogens is 2. The van der Waals surface area contributed by atoms with Gasteiger partial charge in [0.15, 0.2) is 0 Å². The Kier molecular flexibility index (Phi) is 6.44. The lowest BCUT2D eigenvalue weighted by Crippen LogP contribution is -2.25. The van der Waals surface area contributed by atoms with Crippen LogP contribution in [0.2, 0.25) is 5.02 Å². The maximum atomic E-state index is 12.3. The van der Waals surface area contributed by atoms with Crippen molar-refractivity contribution in [3.63, 3.8) is 0 Å². The van der Waals surface area contributed by atoms with E-state index in [0.717, 1.165) is 6.42 Å². The summed E-state index contributed by atoms with van der Waals surface area (Å²) >= 11 is 6.02. The number of ether oxygens (including phenoxy) is 1. The van der Waals surface area contributed by atoms with Crippen molar-refractivity contribution in [1.29, 1.82) is 0 Å². The average molecular weight is 358 g/mol. The molecule has 0 aliphatic rings. The molecule has 2 rings (SSSR count). The minimum atomic E-state index is -3.58. The van der Waals surface area contributed by atoms with E-state index in [1.807, 2.05) is 17.7 Å². The summed E-state index contributed by atoms with van der Waals surface area (Å²) in [6.07, 6.45) is 6.72. The first kappa shape index (κ1) is 17.8. The van der Waals surface area contributed by atoms with Gasteiger partial charge in [-0.05, 0) is 25.0 Å². The van der Waals surface area contributed by atoms with Gasteiger partial charge >= 0.3 is 0 Å². The van der Waals surface area contributed by atoms with Gasteiger partial charge < -0.3 is 9.30 Å². The van der Waals surface area contributed by atoms with E-state index >= 15 is 0 Å². The second kappa shape index (κ2) is 8.33. The second-order valence-electron chi connectivity index (χ2n) is 4.99. The van der Waals surface area contributed by atoms with Crippen molar-refractivity contribution >= 4 is 21.6 Å². The van der Waals surface area contributed by atoms with Gasteiger partial charge in [-0.2, -0.15) is 0 Å². The van der Waals surface area contributed by atoms with Gasteiger partial charge in [-0.25, -0.2) is 18.1 Å². The van der Waals surface area contributed by atoms with E-state index in [1.165, 1.54) is 18.2 Å². The number of aryl methyl sites for hydroxylation is 1. The van der Waals surface area contributed by atoms with Crippen LogP contribution < -0.4 is 9.46 Å². The molecule has 0 fully saturated rings. The van der Waals surface area contributed by atoms with Crippen LogP contribution in [0.25, 0.3) is 0 Å². The molecular weight excluding hydrogens is 338 g/mol. The zero-order valence-electron chi connectivity index (χ0n) is 12.9. The van der Waals surface area contributed by atoms with Crippen molar-refractivity contribution in [3.8, 4) is 5.75 Å². The van der Waals surface area contributed by atoms with Crippen LogP contribution in [0.3, 0.4) is 0 Å². The number of nitrogens with one attached hydrogen (secondary N) is 1. The summed E-state index contributed by atoms with van der Waals surface area (Å²) in [7, 11) is -3.58. The lowest BCUT2D eigenvalue weighted by molar-refractivity contribution is 0.317. The number of imidazole rings is 1. The second-order valence-corrected chi connectivity index (χ2v) is 7.17. The summed E-state index contributed by atoms with van der Waals surface area (Å²) in [6, 6.07) is 4.46. The molecule has 0 aliphatic carbocycles. The Balaban J connectivity index is 1.95. The van der Waals surface area contributed by atoms with Crippen molar-refractivity contribution in [2.45, 2.75) is 31.2 Å². The van der Waals surface area contributed by atoms with Crippen molar-refractivity contribution < 1.29 is 13.2 Å². The summed E-state index contributed by atoms with van der Waals surface area (Å²) in [5.41, 5.74) is 0. The third kappa shape index (κ3) is 5.23. The number of rotatable bonds is 9. The fraction of sp³-hybridized carbons (Fsp3) is 0.400. The fourth-order valence-corrected chi connectivity index (χ4v) is 3.21. The van der Waals surface area contributed by atoms with Crippen LogP contribution >= 0.6 is 11.6 Å². The molecule has 0 atom stereocenters. The summed E-state index contributed by atoms with van der Waals surface area (Å²) in [5.74, 6) is 0.384. The Labute approximate surface area is 141 Å². The number of hydrogen-bond donors (Lipinski definition) is 1. The predicted octanol–water partition coefficient (Wildman–Crippen LogP) is 2.69. The molecule has 0 saturated heterocycles. The Morgan fingerprint density at radius 3 is 2.91 bits per heavy atom. The van der Waals surface area contributed by atoms with Crippen LogP contribution in [0.1, 0.15) is 19.8 Å². The molecule has 0 aliphatic heterocycles. The van der Waals surface area contributed by atoms with Crippen LogP contribution in [-0.2, 0) is 16.6 Å². The highest BCUT2D eigenvalue weighted by atomic mass is 35.5. The van der Waals surface area contributed by atoms with Crippen LogP contribution in [0.15, 0.2) is 41.8 Å². The summed E-state index contributed by atoms with van der Waals surface area (Å²) < 4.78 is 34.5. The van der Waals surface area contributed by atoms with Crippen LogP contribution in [0.4, 0.5) is 0 Å². The third-order valence-electron chi connectivity index (χ3n) is 3.12. The molecule has 2 aromatic rings. The zero-order chi connectivity index (χ0) is 16.7. The molecule has 0 bridgehead atoms. The zero-order valence-corrected chi connectivity index (χ0v) is 14.5. The molecule has 0 amide bonds. The van der Waals surface area contributed by atoms with Crippen molar-refractivity contribution in [2.75, 3.05) is 13.2 Å². The predicted molar refractivity (Wildman–Crippen MR) is 89.3 cm³/mol. The van der Waals surface area contributed by atoms with Crippen molar-refractivity contribution in [1.82, 2.24) is 14.3 Å². The number of nitrogens with zero attached hydrogens (tertiary/aromatic N) is 2. The number of halogens is 1. The molecule has 0 spiro atoms. The standard InChI is InChI=1S/C15H20ClN3O3S/c1-2-10-22-15-11-13(4-5-14(15)16)23(20,21)18-6-3-8-19-9-7-17-12-19/h4-5,7,9,11-12,18H,2-3,6,8,10H2,1H3. The molecule has 8 heteroatoms. The van der Waals surface area contributed by atoms with Gasteiger partial charge in [0.25, 0.3) is 0 Å². The van der Waals surface area contributed by atoms with Crippen molar-refractivity contribution in [2.24, 2.45) is 0 Å². The Bertz CT molecular complexity index is 718. The first-order valence-electron chi connectivity index (χ1n) is 7.40. The first-order chi connectivity index (χ1) is 11.0. The highest BCUT2D eigenvalue weighted by molar-refractivity contribution is 7.89. The van der Waals surface area contributed by atoms with Gasteiger partial charge in [0.05, 0.1) is 22.9 Å². The fourth-order valence-electron chi connectivity index (χ4n) is 1.94. The molecule has 0 unspecified atom stereocenters. The largest absolute Gasteiger partial charge is 0.492 e. The van der Waals surface area contributed by atoms with E-state index in [9.17, 15) is 8.42 Å². The van der Waals surface area contributed by atoms with Gasteiger partial charge in [-0.15, -0.1) is 0 Å². The molecule has 1 aromatic carbocycles. The highest BCUT2D eigenvalue weighted by Gasteiger charge is 2.15. The highest BCUT2D eigenvalue weighted by Crippen LogP contribution is 2.27. The molecule has 0 radical (unpaired) electrons. The van der Waals surface area contributed by atoms with E-state index < -0.39 is 10.0 Å². The minimum absolute atomic E-state index is 0.149. The Morgan fingerprint density at radius 2 is 2.22 bits per heavy atom. The first-order valence-corrected chi connectivity index (χ1v) is 9.27. The van der Waals surface area contributed by atoms with Gasteiger partial charge in [0.1, 0.15) is 5.75 Å². The van der Waals surface area contributed by atoms with Crippen molar-refractivity contribution in [3.05, 3.63) is 41.9 Å². The summed E-state index contributed by atoms with van der Waals surface area (Å²) in [4.78, 5) is 4.09. The number of hydrogen-bond acceptors (Lipinski definition) is 4. The van der Waals surface area contributed by atoms with E-state index in [4.69, 9.17) is 16.3 Å². The normalized spacial score (nSPS) is 11.6. The molecule has 1 heterocycles. The maximum absolute atomic E-state index is 12.3. The smallest absolute Gasteiger partial charge is 0.240 e. The topological polar surface area (TPSA) is 73.2 Å². The quantitative estimate of drug-likeness (QED) is 0.700. The molecule has 126 valence electrons. The van der Waals surface area contributed by atoms with Gasteiger partial charge in [0, 0.05) is 31.5 Å². The van der Waals surface area contributed by atoms with Gasteiger partial charge in [0.2, 0.25) is 10.0 Å². The van der Waals surface area contributed by atoms with E-state index in [1.54, 1.807) is 12.5 Å². The number of benzene rings is 1. The molecule has 1 N–H and O–H groups in total. The molecule has 1 aromatic heterocycles. The van der Waals surface area contributed by atoms with Gasteiger partial charge in [-0.3, -0.25) is 0 Å². The van der Waals surface area contributed by atoms with Crippen LogP contribution in [0.5, 0.6) is 5.75 Å². The van der Waals surface area contributed by atoms with E-state index in [2.05, 4.69) is 9.71 Å². The van der Waals surface area contributed by atoms with Crippen LogP contribution in [-0.4, -0.2) is 31.1 Å². The molecule has 6 nitrogen and oxygen atoms in total. The number of sulfonamides is 1. The average Bonchev–Trinajstić information content (AvgIpc) is 3.04. The third-order valence-corrected chi connectivity index (χ3v) is 4.89. The van der Waals surface area contributed by atoms with Crippen LogP contribution in [0, 0.1) is 0 Å². The monoisotopic (exact) mass is 357 g/mol. The van der Waals surface area contributed by atoms with E-state index in [-0.39, 0.29) is 4.90 Å². The Hall–Kier alpha value is -1.57. The van der Waals surface area contributed by atoms with Gasteiger partial charge in [-0.1, -0.05) is 18.5 Å². The lowest BCUT2D eigenvalue weighted by atomic mass is 10.3. The summed E-state index contributed by atoms with van der Waals surface area (Å²) in [5, 5.41) is 0.400. The summed E-state index contributed by atoms with van der Waals surface area (Å²) in [6.45, 7) is 3.50. The maximum Gasteiger partial charge on any atom is 0.240 e. The lowest BCUT2D eigenvalue weighted by Gasteiger charge is -2.11. The SMILES string of the molecule is CCCOc1cc(S(=O)(=O)NCCCn2ccnc2)ccc1Cl. The Morgan fingerprint density at radius 1 is 1.39 bits per heavy atom. The van der Waals surface area contributed by atoms with E-state index in [0.29, 0.717) is 36.9 Å². The molecular formula is C15H20ClN3O3S. The molecule has 0 saturated carbocycles. The molecule has 23 heavy (non-hydrogen) atoms.